The molecule has 6 nitrogen and oxygen atoms in total. The topological polar surface area (TPSA) is 55.1 Å². The molecule has 9 heteroatoms. The SMILES string of the molecule is CCn1ncc(NC(=O)N2CCCn3c(cc4ccccc43)C2)c1C(F)(F)F. The maximum atomic E-state index is 13.4. The molecule has 1 N–H and O–H groups in total. The summed E-state index contributed by atoms with van der Waals surface area (Å²) in [7, 11) is 0. The summed E-state index contributed by atoms with van der Waals surface area (Å²) in [6.07, 6.45) is -2.82. The van der Waals surface area contributed by atoms with Crippen molar-refractivity contribution in [2.45, 2.75) is 39.2 Å². The van der Waals surface area contributed by atoms with Gasteiger partial charge in [0.05, 0.1) is 18.4 Å². The molecule has 0 atom stereocenters. The van der Waals surface area contributed by atoms with Crippen LogP contribution in [0.1, 0.15) is 24.7 Å². The minimum atomic E-state index is -4.60. The average Bonchev–Trinajstić information content (AvgIpc) is 3.15. The second kappa shape index (κ2) is 6.88. The van der Waals surface area contributed by atoms with Crippen molar-refractivity contribution in [2.75, 3.05) is 11.9 Å². The van der Waals surface area contributed by atoms with Crippen molar-refractivity contribution in [3.05, 3.63) is 47.9 Å². The molecule has 2 amide bonds. The summed E-state index contributed by atoms with van der Waals surface area (Å²) < 4.78 is 43.1. The van der Waals surface area contributed by atoms with E-state index in [2.05, 4.69) is 15.0 Å². The van der Waals surface area contributed by atoms with Crippen LogP contribution in [0.15, 0.2) is 36.5 Å². The minimum Gasteiger partial charge on any atom is -0.343 e. The molecule has 0 spiro atoms. The van der Waals surface area contributed by atoms with Crippen molar-refractivity contribution in [1.29, 1.82) is 0 Å². The van der Waals surface area contributed by atoms with Gasteiger partial charge in [-0.25, -0.2) is 4.79 Å². The first-order valence-electron chi connectivity index (χ1n) is 9.14. The number of carbonyl (C=O) groups excluding carboxylic acids is 1. The summed E-state index contributed by atoms with van der Waals surface area (Å²) >= 11 is 0. The lowest BCUT2D eigenvalue weighted by Crippen LogP contribution is -2.35. The second-order valence-electron chi connectivity index (χ2n) is 6.77. The third-order valence-corrected chi connectivity index (χ3v) is 5.00. The minimum absolute atomic E-state index is 0.0640. The van der Waals surface area contributed by atoms with Crippen LogP contribution in [-0.4, -0.2) is 31.8 Å². The van der Waals surface area contributed by atoms with Gasteiger partial charge in [-0.3, -0.25) is 4.68 Å². The number of nitrogens with one attached hydrogen (secondary N) is 1. The highest BCUT2D eigenvalue weighted by molar-refractivity contribution is 5.90. The van der Waals surface area contributed by atoms with Crippen molar-refractivity contribution < 1.29 is 18.0 Å². The quantitative estimate of drug-likeness (QED) is 0.708. The van der Waals surface area contributed by atoms with Crippen LogP contribution in [0.25, 0.3) is 10.9 Å². The van der Waals surface area contributed by atoms with Crippen LogP contribution >= 0.6 is 0 Å². The lowest BCUT2D eigenvalue weighted by molar-refractivity contribution is -0.143. The molecule has 1 aliphatic heterocycles. The van der Waals surface area contributed by atoms with Gasteiger partial charge in [0.15, 0.2) is 5.69 Å². The molecule has 148 valence electrons. The van der Waals surface area contributed by atoms with Gasteiger partial charge in [-0.2, -0.15) is 18.3 Å². The fourth-order valence-electron chi connectivity index (χ4n) is 3.74. The molecule has 2 aromatic heterocycles. The maximum absolute atomic E-state index is 13.4. The average molecular weight is 391 g/mol. The molecular weight excluding hydrogens is 371 g/mol. The van der Waals surface area contributed by atoms with Gasteiger partial charge < -0.3 is 14.8 Å². The number of urea groups is 1. The Morgan fingerprint density at radius 2 is 2.04 bits per heavy atom. The fraction of sp³-hybridized carbons (Fsp3) is 0.368. The number of halogens is 3. The van der Waals surface area contributed by atoms with Crippen LogP contribution in [0.2, 0.25) is 0 Å². The number of hydrogen-bond donors (Lipinski definition) is 1. The summed E-state index contributed by atoms with van der Waals surface area (Å²) in [4.78, 5) is 14.3. The summed E-state index contributed by atoms with van der Waals surface area (Å²) in [5, 5.41) is 7.24. The largest absolute Gasteiger partial charge is 0.435 e. The number of fused-ring (bicyclic) bond motifs is 3. The number of para-hydroxylation sites is 1. The number of alkyl halides is 3. The highest BCUT2D eigenvalue weighted by atomic mass is 19.4. The first-order valence-corrected chi connectivity index (χ1v) is 9.14. The summed E-state index contributed by atoms with van der Waals surface area (Å²) in [5.41, 5.74) is 0.814. The number of amides is 2. The highest BCUT2D eigenvalue weighted by Crippen LogP contribution is 2.35. The molecule has 3 aromatic rings. The number of carbonyl (C=O) groups is 1. The molecule has 1 aliphatic rings. The van der Waals surface area contributed by atoms with Crippen molar-refractivity contribution in [3.63, 3.8) is 0 Å². The fourth-order valence-corrected chi connectivity index (χ4v) is 3.74. The number of anilines is 1. The lowest BCUT2D eigenvalue weighted by atomic mass is 10.2. The second-order valence-corrected chi connectivity index (χ2v) is 6.77. The predicted octanol–water partition coefficient (Wildman–Crippen LogP) is 4.31. The molecule has 0 aliphatic carbocycles. The first kappa shape index (κ1) is 18.4. The number of aromatic nitrogens is 3. The van der Waals surface area contributed by atoms with Crippen molar-refractivity contribution in [2.24, 2.45) is 0 Å². The van der Waals surface area contributed by atoms with Crippen LogP contribution in [0.4, 0.5) is 23.7 Å². The molecule has 0 saturated carbocycles. The van der Waals surface area contributed by atoms with Gasteiger partial charge in [-0.05, 0) is 30.9 Å². The van der Waals surface area contributed by atoms with E-state index in [1.165, 1.54) is 0 Å². The zero-order valence-corrected chi connectivity index (χ0v) is 15.3. The van der Waals surface area contributed by atoms with E-state index in [9.17, 15) is 18.0 Å². The molecule has 1 aromatic carbocycles. The Balaban J connectivity index is 1.58. The van der Waals surface area contributed by atoms with Crippen molar-refractivity contribution in [1.82, 2.24) is 19.2 Å². The monoisotopic (exact) mass is 391 g/mol. The van der Waals surface area contributed by atoms with Crippen molar-refractivity contribution in [3.8, 4) is 0 Å². The van der Waals surface area contributed by atoms with E-state index in [4.69, 9.17) is 0 Å². The Hall–Kier alpha value is -2.97. The highest BCUT2D eigenvalue weighted by Gasteiger charge is 2.38. The van der Waals surface area contributed by atoms with E-state index in [-0.39, 0.29) is 12.2 Å². The van der Waals surface area contributed by atoms with Crippen LogP contribution in [0, 0.1) is 0 Å². The van der Waals surface area contributed by atoms with Gasteiger partial charge in [0.1, 0.15) is 0 Å². The number of nitrogens with zero attached hydrogens (tertiary/aromatic N) is 4. The predicted molar refractivity (Wildman–Crippen MR) is 98.9 cm³/mol. The third-order valence-electron chi connectivity index (χ3n) is 5.00. The molecule has 0 bridgehead atoms. The van der Waals surface area contributed by atoms with Gasteiger partial charge in [-0.1, -0.05) is 18.2 Å². The molecule has 0 radical (unpaired) electrons. The summed E-state index contributed by atoms with van der Waals surface area (Å²) in [6, 6.07) is 9.43. The summed E-state index contributed by atoms with van der Waals surface area (Å²) in [5.74, 6) is 0. The molecule has 28 heavy (non-hydrogen) atoms. The Labute approximate surface area is 159 Å². The van der Waals surface area contributed by atoms with Gasteiger partial charge in [0, 0.05) is 30.8 Å². The molecule has 3 heterocycles. The van der Waals surface area contributed by atoms with E-state index in [1.54, 1.807) is 11.8 Å². The Kier molecular flexibility index (Phi) is 4.52. The smallest absolute Gasteiger partial charge is 0.343 e. The molecular formula is C19H20F3N5O. The number of benzene rings is 1. The Morgan fingerprint density at radius 3 is 2.79 bits per heavy atom. The van der Waals surface area contributed by atoms with E-state index in [0.29, 0.717) is 13.1 Å². The Bertz CT molecular complexity index is 1020. The third kappa shape index (κ3) is 3.21. The normalized spacial score (nSPS) is 14.8. The number of rotatable bonds is 2. The van der Waals surface area contributed by atoms with Crippen LogP contribution in [0.5, 0.6) is 0 Å². The van der Waals surface area contributed by atoms with E-state index in [1.807, 2.05) is 30.3 Å². The van der Waals surface area contributed by atoms with Gasteiger partial charge >= 0.3 is 12.2 Å². The zero-order valence-electron chi connectivity index (χ0n) is 15.3. The maximum Gasteiger partial charge on any atom is 0.435 e. The van der Waals surface area contributed by atoms with Gasteiger partial charge in [0.2, 0.25) is 0 Å². The molecule has 4 rings (SSSR count). The number of aryl methyl sites for hydroxylation is 2. The molecule has 0 unspecified atom stereocenters. The summed E-state index contributed by atoms with van der Waals surface area (Å²) in [6.45, 7) is 3.19. The molecule has 0 saturated heterocycles. The van der Waals surface area contributed by atoms with E-state index >= 15 is 0 Å². The van der Waals surface area contributed by atoms with Crippen molar-refractivity contribution >= 4 is 22.6 Å². The van der Waals surface area contributed by atoms with Crippen LogP contribution in [0.3, 0.4) is 0 Å². The number of hydrogen-bond acceptors (Lipinski definition) is 2. The van der Waals surface area contributed by atoms with Gasteiger partial charge in [0.25, 0.3) is 0 Å². The van der Waals surface area contributed by atoms with Crippen LogP contribution in [-0.2, 0) is 25.8 Å². The zero-order chi connectivity index (χ0) is 19.9. The van der Waals surface area contributed by atoms with E-state index in [0.717, 1.165) is 40.4 Å². The van der Waals surface area contributed by atoms with Crippen LogP contribution < -0.4 is 5.32 Å². The van der Waals surface area contributed by atoms with Gasteiger partial charge in [-0.15, -0.1) is 0 Å². The first-order chi connectivity index (χ1) is 13.4. The lowest BCUT2D eigenvalue weighted by Gasteiger charge is -2.21. The van der Waals surface area contributed by atoms with E-state index < -0.39 is 17.9 Å². The standard InChI is InChI=1S/C19H20F3N5O/c1-2-27-17(19(20,21)22)15(11-23-27)24-18(28)25-8-5-9-26-14(12-25)10-13-6-3-4-7-16(13)26/h3-4,6-7,10-11H,2,5,8-9,12H2,1H3,(H,24,28). The Morgan fingerprint density at radius 1 is 1.25 bits per heavy atom. The molecule has 0 fully saturated rings.